The minimum atomic E-state index is -0.833. The summed E-state index contributed by atoms with van der Waals surface area (Å²) in [7, 11) is 0. The fourth-order valence-electron chi connectivity index (χ4n) is 0. The highest BCUT2D eigenvalue weighted by molar-refractivity contribution is 5.63. The number of carbonyl (C=O) groups is 4. The lowest BCUT2D eigenvalue weighted by molar-refractivity contribution is -0.135. The van der Waals surface area contributed by atoms with E-state index in [-0.39, 0.29) is 0 Å². The van der Waals surface area contributed by atoms with Gasteiger partial charge in [-0.15, -0.1) is 0 Å². The number of hydrogen-bond donors (Lipinski definition) is 5. The highest BCUT2D eigenvalue weighted by atomic mass is 16.4. The summed E-state index contributed by atoms with van der Waals surface area (Å²) < 4.78 is 0. The number of carboxylic acids is 4. The van der Waals surface area contributed by atoms with Crippen LogP contribution in [0.25, 0.3) is 0 Å². The summed E-state index contributed by atoms with van der Waals surface area (Å²) in [5.41, 5.74) is 0. The number of nitrogens with one attached hydrogen (secondary N) is 1. The third kappa shape index (κ3) is 2250. The molecule has 9 heteroatoms. The van der Waals surface area contributed by atoms with Crippen molar-refractivity contribution in [3.8, 4) is 0 Å². The SMILES string of the molecule is C1CN1.CC(=O)O.CC(=O)O.CC(=O)O.CC(=O)O. The minimum Gasteiger partial charge on any atom is -0.481 e. The first-order chi connectivity index (χ1) is 8.43. The van der Waals surface area contributed by atoms with Crippen molar-refractivity contribution in [2.75, 3.05) is 13.1 Å². The summed E-state index contributed by atoms with van der Waals surface area (Å²) in [5.74, 6) is -3.33. The zero-order chi connectivity index (χ0) is 16.4. The van der Waals surface area contributed by atoms with Crippen molar-refractivity contribution < 1.29 is 39.6 Å². The first kappa shape index (κ1) is 25.6. The number of carboxylic acid groups (broad SMARTS) is 4. The maximum Gasteiger partial charge on any atom is 0.300 e. The molecule has 0 aromatic carbocycles. The summed E-state index contributed by atoms with van der Waals surface area (Å²) >= 11 is 0. The van der Waals surface area contributed by atoms with Crippen molar-refractivity contribution in [2.45, 2.75) is 27.7 Å². The molecule has 114 valence electrons. The van der Waals surface area contributed by atoms with E-state index in [1.165, 1.54) is 13.1 Å². The van der Waals surface area contributed by atoms with Crippen LogP contribution >= 0.6 is 0 Å². The molecule has 5 N–H and O–H groups in total. The van der Waals surface area contributed by atoms with E-state index in [0.29, 0.717) is 0 Å². The molecular formula is C10H21NO8. The normalized spacial score (nSPS) is 9.05. The van der Waals surface area contributed by atoms with Gasteiger partial charge in [0.15, 0.2) is 0 Å². The summed E-state index contributed by atoms with van der Waals surface area (Å²) in [6.07, 6.45) is 0. The molecule has 0 radical (unpaired) electrons. The summed E-state index contributed by atoms with van der Waals surface area (Å²) in [6, 6.07) is 0. The van der Waals surface area contributed by atoms with Crippen molar-refractivity contribution >= 4 is 23.9 Å². The standard InChI is InChI=1S/C2H5N.4C2H4O2/c1-2-3-1;4*1-2(3)4/h3H,1-2H2;4*1H3,(H,3,4). The lowest BCUT2D eigenvalue weighted by Gasteiger charge is -1.59. The van der Waals surface area contributed by atoms with Gasteiger partial charge in [-0.3, -0.25) is 19.2 Å². The van der Waals surface area contributed by atoms with Gasteiger partial charge in [0.1, 0.15) is 0 Å². The van der Waals surface area contributed by atoms with E-state index >= 15 is 0 Å². The van der Waals surface area contributed by atoms with Crippen LogP contribution in [0.15, 0.2) is 0 Å². The van der Waals surface area contributed by atoms with Gasteiger partial charge in [-0.05, 0) is 0 Å². The third-order valence-corrected chi connectivity index (χ3v) is 0.250. The van der Waals surface area contributed by atoms with Gasteiger partial charge in [-0.2, -0.15) is 0 Å². The van der Waals surface area contributed by atoms with Crippen LogP contribution < -0.4 is 5.32 Å². The molecule has 0 aromatic heterocycles. The highest BCUT2D eigenvalue weighted by Gasteiger charge is 1.91. The first-order valence-corrected chi connectivity index (χ1v) is 4.92. The molecule has 0 atom stereocenters. The average molecular weight is 283 g/mol. The lowest BCUT2D eigenvalue weighted by Crippen LogP contribution is -1.78. The summed E-state index contributed by atoms with van der Waals surface area (Å²) in [5, 5.41) is 32.7. The van der Waals surface area contributed by atoms with Gasteiger partial charge in [-0.1, -0.05) is 0 Å². The Balaban J connectivity index is -0.0000000741. The van der Waals surface area contributed by atoms with Crippen molar-refractivity contribution in [3.05, 3.63) is 0 Å². The van der Waals surface area contributed by atoms with Crippen molar-refractivity contribution in [2.24, 2.45) is 0 Å². The van der Waals surface area contributed by atoms with Crippen LogP contribution in [0, 0.1) is 0 Å². The second kappa shape index (κ2) is 21.2. The zero-order valence-electron chi connectivity index (χ0n) is 11.3. The van der Waals surface area contributed by atoms with E-state index in [0.717, 1.165) is 27.7 Å². The molecule has 0 aliphatic carbocycles. The molecular weight excluding hydrogens is 262 g/mol. The Hall–Kier alpha value is -2.16. The molecule has 1 aliphatic rings. The fourth-order valence-corrected chi connectivity index (χ4v) is 0. The number of hydrogen-bond acceptors (Lipinski definition) is 5. The maximum atomic E-state index is 9.00. The quantitative estimate of drug-likeness (QED) is 0.382. The molecule has 0 amide bonds. The third-order valence-electron chi connectivity index (χ3n) is 0.250. The van der Waals surface area contributed by atoms with E-state index in [2.05, 4.69) is 5.32 Å². The topological polar surface area (TPSA) is 171 Å². The van der Waals surface area contributed by atoms with Gasteiger partial charge >= 0.3 is 0 Å². The van der Waals surface area contributed by atoms with E-state index in [1.807, 2.05) is 0 Å². The smallest absolute Gasteiger partial charge is 0.300 e. The maximum absolute atomic E-state index is 9.00. The molecule has 1 heterocycles. The Kier molecular flexibility index (Phi) is 28.5. The molecule has 19 heavy (non-hydrogen) atoms. The molecule has 0 bridgehead atoms. The summed E-state index contributed by atoms with van der Waals surface area (Å²) in [4.78, 5) is 36.0. The lowest BCUT2D eigenvalue weighted by atomic mass is 10.9. The molecule has 1 fully saturated rings. The van der Waals surface area contributed by atoms with Crippen molar-refractivity contribution in [3.63, 3.8) is 0 Å². The van der Waals surface area contributed by atoms with Crippen LogP contribution in [-0.4, -0.2) is 57.4 Å². The predicted molar refractivity (Wildman–Crippen MR) is 66.1 cm³/mol. The summed E-state index contributed by atoms with van der Waals surface area (Å²) in [6.45, 7) is 6.83. The Morgan fingerprint density at radius 2 is 0.684 bits per heavy atom. The van der Waals surface area contributed by atoms with Gasteiger partial charge in [0.05, 0.1) is 0 Å². The number of rotatable bonds is 0. The Bertz CT molecular complexity index is 196. The van der Waals surface area contributed by atoms with Crippen LogP contribution in [0.4, 0.5) is 0 Å². The second-order valence-electron chi connectivity index (χ2n) is 2.83. The van der Waals surface area contributed by atoms with Crippen molar-refractivity contribution in [1.29, 1.82) is 0 Å². The van der Waals surface area contributed by atoms with E-state index in [9.17, 15) is 0 Å². The molecule has 0 spiro atoms. The molecule has 1 saturated heterocycles. The van der Waals surface area contributed by atoms with E-state index in [1.54, 1.807) is 0 Å². The van der Waals surface area contributed by atoms with Crippen LogP contribution in [0.5, 0.6) is 0 Å². The average Bonchev–Trinajstić information content (AvgIpc) is 2.80. The monoisotopic (exact) mass is 283 g/mol. The van der Waals surface area contributed by atoms with Crippen molar-refractivity contribution in [1.82, 2.24) is 5.32 Å². The van der Waals surface area contributed by atoms with Gasteiger partial charge in [0, 0.05) is 40.8 Å². The second-order valence-corrected chi connectivity index (χ2v) is 2.83. The molecule has 0 aromatic rings. The largest absolute Gasteiger partial charge is 0.481 e. The Labute approximate surface area is 110 Å². The minimum absolute atomic E-state index is 0.833. The van der Waals surface area contributed by atoms with Crippen LogP contribution in [-0.2, 0) is 19.2 Å². The Morgan fingerprint density at radius 3 is 0.684 bits per heavy atom. The Morgan fingerprint density at radius 1 is 0.632 bits per heavy atom. The molecule has 1 rings (SSSR count). The molecule has 0 unspecified atom stereocenters. The first-order valence-electron chi connectivity index (χ1n) is 4.92. The highest BCUT2D eigenvalue weighted by Crippen LogP contribution is 1.65. The molecule has 0 saturated carbocycles. The van der Waals surface area contributed by atoms with Gasteiger partial charge in [0.2, 0.25) is 0 Å². The number of aliphatic carboxylic acids is 4. The van der Waals surface area contributed by atoms with E-state index < -0.39 is 23.9 Å². The van der Waals surface area contributed by atoms with Gasteiger partial charge in [0.25, 0.3) is 23.9 Å². The van der Waals surface area contributed by atoms with Gasteiger partial charge < -0.3 is 25.7 Å². The van der Waals surface area contributed by atoms with Crippen LogP contribution in [0.1, 0.15) is 27.7 Å². The molecule has 1 aliphatic heterocycles. The molecule has 9 nitrogen and oxygen atoms in total. The predicted octanol–water partition coefficient (Wildman–Crippen LogP) is -0.0468. The fraction of sp³-hybridized carbons (Fsp3) is 0.600. The van der Waals surface area contributed by atoms with Gasteiger partial charge in [-0.25, -0.2) is 0 Å². The van der Waals surface area contributed by atoms with E-state index in [4.69, 9.17) is 39.6 Å². The van der Waals surface area contributed by atoms with Crippen LogP contribution in [0.3, 0.4) is 0 Å². The van der Waals surface area contributed by atoms with Crippen LogP contribution in [0.2, 0.25) is 0 Å². The zero-order valence-corrected chi connectivity index (χ0v) is 11.3.